The summed E-state index contributed by atoms with van der Waals surface area (Å²) in [5.41, 5.74) is 1.86. The molecule has 1 saturated heterocycles. The van der Waals surface area contributed by atoms with Crippen LogP contribution < -0.4 is 5.32 Å². The second kappa shape index (κ2) is 9.22. The Morgan fingerprint density at radius 1 is 1.16 bits per heavy atom. The summed E-state index contributed by atoms with van der Waals surface area (Å²) < 4.78 is 15.0. The Bertz CT molecular complexity index is 1130. The number of hydrogen-bond donors (Lipinski definition) is 2. The zero-order valence-corrected chi connectivity index (χ0v) is 17.6. The summed E-state index contributed by atoms with van der Waals surface area (Å²) in [5, 5.41) is 9.85. The number of hydrogen-bond acceptors (Lipinski definition) is 4. The van der Waals surface area contributed by atoms with Gasteiger partial charge >= 0.3 is 0 Å². The standard InChI is InChI=1S/C22H22FN5O2S/c23-18-8-6-15(7-9-18)11-24-19(29)14-28-21(25-26-22(28)31)17-10-20(30)27(13-17)12-16-4-2-1-3-5-16/h1-9,17H,10-14H2,(H,24,29)(H,26,31). The van der Waals surface area contributed by atoms with Gasteiger partial charge in [0.1, 0.15) is 18.2 Å². The predicted molar refractivity (Wildman–Crippen MR) is 115 cm³/mol. The highest BCUT2D eigenvalue weighted by molar-refractivity contribution is 7.71. The molecule has 160 valence electrons. The zero-order chi connectivity index (χ0) is 21.8. The Hall–Kier alpha value is -3.33. The van der Waals surface area contributed by atoms with Crippen LogP contribution in [0.4, 0.5) is 4.39 Å². The van der Waals surface area contributed by atoms with Crippen molar-refractivity contribution >= 4 is 24.0 Å². The van der Waals surface area contributed by atoms with Gasteiger partial charge < -0.3 is 10.2 Å². The molecule has 2 amide bonds. The summed E-state index contributed by atoms with van der Waals surface area (Å²) >= 11 is 5.31. The van der Waals surface area contributed by atoms with Crippen LogP contribution in [0.5, 0.6) is 0 Å². The molecule has 1 unspecified atom stereocenters. The van der Waals surface area contributed by atoms with Gasteiger partial charge in [0.2, 0.25) is 11.8 Å². The molecule has 3 aromatic rings. The van der Waals surface area contributed by atoms with E-state index in [4.69, 9.17) is 12.2 Å². The van der Waals surface area contributed by atoms with Crippen LogP contribution in [0.1, 0.15) is 29.3 Å². The molecular weight excluding hydrogens is 417 g/mol. The van der Waals surface area contributed by atoms with Crippen molar-refractivity contribution in [3.8, 4) is 0 Å². The van der Waals surface area contributed by atoms with E-state index in [1.165, 1.54) is 12.1 Å². The number of aromatic amines is 1. The molecule has 0 spiro atoms. The van der Waals surface area contributed by atoms with Crippen molar-refractivity contribution in [3.05, 3.63) is 82.1 Å². The Kier molecular flexibility index (Phi) is 6.22. The molecule has 9 heteroatoms. The normalized spacial score (nSPS) is 16.0. The molecule has 0 saturated carbocycles. The van der Waals surface area contributed by atoms with E-state index >= 15 is 0 Å². The summed E-state index contributed by atoms with van der Waals surface area (Å²) in [6.45, 7) is 1.34. The minimum Gasteiger partial charge on any atom is -0.350 e. The Labute approximate surface area is 183 Å². The van der Waals surface area contributed by atoms with Crippen molar-refractivity contribution in [2.75, 3.05) is 6.54 Å². The van der Waals surface area contributed by atoms with Crippen LogP contribution >= 0.6 is 12.2 Å². The van der Waals surface area contributed by atoms with Gasteiger partial charge in [-0.1, -0.05) is 42.5 Å². The van der Waals surface area contributed by atoms with Crippen molar-refractivity contribution < 1.29 is 14.0 Å². The van der Waals surface area contributed by atoms with Gasteiger partial charge in [-0.25, -0.2) is 4.39 Å². The first kappa shape index (κ1) is 20.9. The summed E-state index contributed by atoms with van der Waals surface area (Å²) in [7, 11) is 0. The summed E-state index contributed by atoms with van der Waals surface area (Å²) in [4.78, 5) is 26.8. The third kappa shape index (κ3) is 5.05. The highest BCUT2D eigenvalue weighted by atomic mass is 32.1. The van der Waals surface area contributed by atoms with Gasteiger partial charge in [0.15, 0.2) is 4.77 Å². The number of amides is 2. The number of likely N-dealkylation sites (tertiary alicyclic amines) is 1. The first-order chi connectivity index (χ1) is 15.0. The fourth-order valence-electron chi connectivity index (χ4n) is 3.70. The highest BCUT2D eigenvalue weighted by Crippen LogP contribution is 2.28. The number of halogens is 1. The van der Waals surface area contributed by atoms with E-state index in [1.807, 2.05) is 30.3 Å². The fourth-order valence-corrected chi connectivity index (χ4v) is 3.90. The second-order valence-corrected chi connectivity index (χ2v) is 7.92. The number of benzene rings is 2. The maximum atomic E-state index is 13.0. The van der Waals surface area contributed by atoms with E-state index in [1.54, 1.807) is 21.6 Å². The van der Waals surface area contributed by atoms with Crippen LogP contribution in [-0.2, 0) is 29.2 Å². The number of aromatic nitrogens is 3. The first-order valence-corrected chi connectivity index (χ1v) is 10.4. The minimum atomic E-state index is -0.322. The molecule has 0 radical (unpaired) electrons. The van der Waals surface area contributed by atoms with Crippen molar-refractivity contribution in [1.29, 1.82) is 0 Å². The Morgan fingerprint density at radius 3 is 2.65 bits per heavy atom. The monoisotopic (exact) mass is 439 g/mol. The lowest BCUT2D eigenvalue weighted by Crippen LogP contribution is -2.28. The Balaban J connectivity index is 1.40. The van der Waals surface area contributed by atoms with E-state index in [9.17, 15) is 14.0 Å². The molecule has 2 N–H and O–H groups in total. The molecule has 1 atom stereocenters. The number of rotatable bonds is 7. The molecule has 2 heterocycles. The average Bonchev–Trinajstić information content (AvgIpc) is 3.31. The number of carbonyl (C=O) groups excluding carboxylic acids is 2. The van der Waals surface area contributed by atoms with Crippen LogP contribution in [0.25, 0.3) is 0 Å². The van der Waals surface area contributed by atoms with Crippen LogP contribution in [0, 0.1) is 10.6 Å². The van der Waals surface area contributed by atoms with Gasteiger partial charge in [0.25, 0.3) is 0 Å². The molecule has 4 rings (SSSR count). The maximum Gasteiger partial charge on any atom is 0.240 e. The summed E-state index contributed by atoms with van der Waals surface area (Å²) in [6, 6.07) is 15.8. The van der Waals surface area contributed by atoms with Crippen molar-refractivity contribution in [2.24, 2.45) is 0 Å². The van der Waals surface area contributed by atoms with E-state index < -0.39 is 0 Å². The van der Waals surface area contributed by atoms with Crippen LogP contribution in [-0.4, -0.2) is 38.0 Å². The maximum absolute atomic E-state index is 13.0. The van der Waals surface area contributed by atoms with Gasteiger partial charge in [-0.05, 0) is 35.5 Å². The van der Waals surface area contributed by atoms with Gasteiger partial charge in [0, 0.05) is 32.0 Å². The minimum absolute atomic E-state index is 0.00473. The summed E-state index contributed by atoms with van der Waals surface area (Å²) in [6.07, 6.45) is 0.323. The molecule has 0 bridgehead atoms. The number of H-pyrrole nitrogens is 1. The number of carbonyl (C=O) groups is 2. The van der Waals surface area contributed by atoms with Crippen LogP contribution in [0.3, 0.4) is 0 Å². The smallest absolute Gasteiger partial charge is 0.240 e. The second-order valence-electron chi connectivity index (χ2n) is 7.54. The van der Waals surface area contributed by atoms with Crippen LogP contribution in [0.15, 0.2) is 54.6 Å². The molecule has 7 nitrogen and oxygen atoms in total. The van der Waals surface area contributed by atoms with Crippen molar-refractivity contribution in [3.63, 3.8) is 0 Å². The zero-order valence-electron chi connectivity index (χ0n) is 16.8. The molecule has 31 heavy (non-hydrogen) atoms. The van der Waals surface area contributed by atoms with Gasteiger partial charge in [-0.3, -0.25) is 19.3 Å². The Morgan fingerprint density at radius 2 is 1.90 bits per heavy atom. The van der Waals surface area contributed by atoms with Crippen molar-refractivity contribution in [1.82, 2.24) is 25.0 Å². The van der Waals surface area contributed by atoms with Gasteiger partial charge in [-0.15, -0.1) is 0 Å². The van der Waals surface area contributed by atoms with Gasteiger partial charge in [-0.2, -0.15) is 5.10 Å². The average molecular weight is 440 g/mol. The van der Waals surface area contributed by atoms with E-state index in [2.05, 4.69) is 15.5 Å². The lowest BCUT2D eigenvalue weighted by atomic mass is 10.1. The number of nitrogens with zero attached hydrogens (tertiary/aromatic N) is 3. The lowest BCUT2D eigenvalue weighted by molar-refractivity contribution is -0.128. The predicted octanol–water partition coefficient (Wildman–Crippen LogP) is 2.91. The lowest BCUT2D eigenvalue weighted by Gasteiger charge is -2.17. The molecule has 1 aliphatic rings. The third-order valence-electron chi connectivity index (χ3n) is 5.29. The molecule has 1 aromatic heterocycles. The molecule has 0 aliphatic carbocycles. The topological polar surface area (TPSA) is 83.0 Å². The molecule has 1 fully saturated rings. The fraction of sp³-hybridized carbons (Fsp3) is 0.273. The third-order valence-corrected chi connectivity index (χ3v) is 5.60. The quantitative estimate of drug-likeness (QED) is 0.555. The van der Waals surface area contributed by atoms with E-state index in [0.29, 0.717) is 30.1 Å². The molecule has 1 aliphatic heterocycles. The highest BCUT2D eigenvalue weighted by Gasteiger charge is 2.34. The van der Waals surface area contributed by atoms with E-state index in [-0.39, 0.29) is 36.6 Å². The SMILES string of the molecule is O=C(Cn1c(C2CC(=O)N(Cc3ccccc3)C2)n[nH]c1=S)NCc1ccc(F)cc1. The van der Waals surface area contributed by atoms with E-state index in [0.717, 1.165) is 11.1 Å². The largest absolute Gasteiger partial charge is 0.350 e. The van der Waals surface area contributed by atoms with Crippen LogP contribution in [0.2, 0.25) is 0 Å². The summed E-state index contributed by atoms with van der Waals surface area (Å²) in [5.74, 6) is -0.0552. The van der Waals surface area contributed by atoms with Gasteiger partial charge in [0.05, 0.1) is 0 Å². The number of nitrogens with one attached hydrogen (secondary N) is 2. The molecular formula is C22H22FN5O2S. The van der Waals surface area contributed by atoms with Crippen molar-refractivity contribution in [2.45, 2.75) is 32.0 Å². The first-order valence-electron chi connectivity index (χ1n) is 9.97. The molecule has 2 aromatic carbocycles.